The molecule has 1 saturated heterocycles. The van der Waals surface area contributed by atoms with Gasteiger partial charge in [0, 0.05) is 6.42 Å². The van der Waals surface area contributed by atoms with E-state index in [1.165, 1.54) is 12.1 Å². The highest BCUT2D eigenvalue weighted by atomic mass is 32.3. The Morgan fingerprint density at radius 1 is 1.14 bits per heavy atom. The van der Waals surface area contributed by atoms with Crippen LogP contribution in [0, 0.1) is 0 Å². The number of thioether (sulfide) groups is 1. The normalized spacial score (nSPS) is 28.9. The molecular weight excluding hydrogens is 422 g/mol. The van der Waals surface area contributed by atoms with Gasteiger partial charge in [0.25, 0.3) is 0 Å². The SMILES string of the molecule is O=S(=O)(O)ON=C(Cc1ccc(O)c(O)c1)S[C@@H]1O[C@@H](CO)[C@H](O)[C@@H](O)[C@@H]1O. The van der Waals surface area contributed by atoms with Crippen LogP contribution < -0.4 is 0 Å². The van der Waals surface area contributed by atoms with Gasteiger partial charge in [0.1, 0.15) is 34.9 Å². The van der Waals surface area contributed by atoms with E-state index in [-0.39, 0.29) is 11.5 Å². The third kappa shape index (κ3) is 5.92. The number of phenolic OH excluding ortho intramolecular Hbond substituents is 2. The first-order valence-corrected chi connectivity index (χ1v) is 9.97. The van der Waals surface area contributed by atoms with Gasteiger partial charge in [0.15, 0.2) is 11.5 Å². The molecule has 2 rings (SSSR count). The zero-order chi connectivity index (χ0) is 21.1. The Morgan fingerprint density at radius 2 is 1.82 bits per heavy atom. The number of nitrogens with zero attached hydrogens (tertiary/aromatic N) is 1. The van der Waals surface area contributed by atoms with E-state index in [2.05, 4.69) is 9.44 Å². The van der Waals surface area contributed by atoms with Gasteiger partial charge in [-0.25, -0.2) is 4.28 Å². The fourth-order valence-corrected chi connectivity index (χ4v) is 3.67. The molecule has 0 aliphatic carbocycles. The average molecular weight is 441 g/mol. The van der Waals surface area contributed by atoms with Gasteiger partial charge in [-0.2, -0.15) is 8.42 Å². The molecule has 7 N–H and O–H groups in total. The lowest BCUT2D eigenvalue weighted by atomic mass is 10.0. The number of aliphatic hydroxyl groups excluding tert-OH is 4. The van der Waals surface area contributed by atoms with Crippen molar-refractivity contribution in [1.29, 1.82) is 0 Å². The topological polar surface area (TPSA) is 207 Å². The highest BCUT2D eigenvalue weighted by molar-refractivity contribution is 8.14. The van der Waals surface area contributed by atoms with Gasteiger partial charge in [-0.15, -0.1) is 0 Å². The first-order chi connectivity index (χ1) is 13.0. The number of benzene rings is 1. The minimum absolute atomic E-state index is 0.174. The van der Waals surface area contributed by atoms with E-state index in [0.29, 0.717) is 17.3 Å². The largest absolute Gasteiger partial charge is 0.504 e. The monoisotopic (exact) mass is 441 g/mol. The van der Waals surface area contributed by atoms with Crippen molar-refractivity contribution in [3.8, 4) is 11.5 Å². The smallest absolute Gasteiger partial charge is 0.466 e. The van der Waals surface area contributed by atoms with Crippen molar-refractivity contribution in [3.63, 3.8) is 0 Å². The van der Waals surface area contributed by atoms with Gasteiger partial charge in [-0.3, -0.25) is 4.55 Å². The molecule has 0 spiro atoms. The van der Waals surface area contributed by atoms with E-state index >= 15 is 0 Å². The summed E-state index contributed by atoms with van der Waals surface area (Å²) < 4.78 is 39.6. The lowest BCUT2D eigenvalue weighted by Crippen LogP contribution is -2.57. The van der Waals surface area contributed by atoms with Crippen LogP contribution in [0.4, 0.5) is 0 Å². The quantitative estimate of drug-likeness (QED) is 0.0867. The van der Waals surface area contributed by atoms with Crippen LogP contribution in [-0.2, 0) is 25.8 Å². The second-order valence-electron chi connectivity index (χ2n) is 5.80. The van der Waals surface area contributed by atoms with Crippen molar-refractivity contribution in [1.82, 2.24) is 0 Å². The van der Waals surface area contributed by atoms with E-state index in [1.54, 1.807) is 0 Å². The van der Waals surface area contributed by atoms with E-state index in [9.17, 15) is 39.1 Å². The Morgan fingerprint density at radius 3 is 2.39 bits per heavy atom. The summed E-state index contributed by atoms with van der Waals surface area (Å²) in [6.45, 7) is -0.665. The summed E-state index contributed by atoms with van der Waals surface area (Å²) in [5, 5.41) is 60.9. The van der Waals surface area contributed by atoms with Crippen molar-refractivity contribution in [2.45, 2.75) is 36.3 Å². The van der Waals surface area contributed by atoms with E-state index in [4.69, 9.17) is 9.29 Å². The van der Waals surface area contributed by atoms with Crippen LogP contribution in [0.25, 0.3) is 0 Å². The molecule has 1 aromatic carbocycles. The lowest BCUT2D eigenvalue weighted by molar-refractivity contribution is -0.205. The molecule has 158 valence electrons. The summed E-state index contributed by atoms with van der Waals surface area (Å²) in [4.78, 5) is 0. The molecule has 0 bridgehead atoms. The second-order valence-corrected chi connectivity index (χ2v) is 7.98. The summed E-state index contributed by atoms with van der Waals surface area (Å²) >= 11 is 0.595. The van der Waals surface area contributed by atoms with Crippen LogP contribution in [0.2, 0.25) is 0 Å². The summed E-state index contributed by atoms with van der Waals surface area (Å²) in [5.41, 5.74) is -0.949. The van der Waals surface area contributed by atoms with Crippen molar-refractivity contribution in [3.05, 3.63) is 23.8 Å². The first kappa shape index (κ1) is 22.6. The fourth-order valence-electron chi connectivity index (χ4n) is 2.34. The maximum Gasteiger partial charge on any atom is 0.466 e. The Balaban J connectivity index is 2.24. The van der Waals surface area contributed by atoms with E-state index in [1.807, 2.05) is 0 Å². The number of ether oxygens (including phenoxy) is 1. The molecule has 1 aliphatic heterocycles. The Labute approximate surface area is 163 Å². The van der Waals surface area contributed by atoms with Gasteiger partial charge >= 0.3 is 10.4 Å². The van der Waals surface area contributed by atoms with Gasteiger partial charge in [-0.1, -0.05) is 23.0 Å². The number of oxime groups is 1. The molecule has 0 amide bonds. The van der Waals surface area contributed by atoms with Crippen LogP contribution >= 0.6 is 11.8 Å². The van der Waals surface area contributed by atoms with Crippen LogP contribution in [-0.4, -0.2) is 85.1 Å². The van der Waals surface area contributed by atoms with E-state index in [0.717, 1.165) is 6.07 Å². The zero-order valence-electron chi connectivity index (χ0n) is 14.1. The average Bonchev–Trinajstić information content (AvgIpc) is 2.62. The van der Waals surface area contributed by atoms with Crippen LogP contribution in [0.3, 0.4) is 0 Å². The highest BCUT2D eigenvalue weighted by Crippen LogP contribution is 2.31. The second kappa shape index (κ2) is 9.23. The summed E-state index contributed by atoms with van der Waals surface area (Å²) in [5.74, 6) is -0.844. The van der Waals surface area contributed by atoms with Crippen LogP contribution in [0.5, 0.6) is 11.5 Å². The van der Waals surface area contributed by atoms with Gasteiger partial charge < -0.3 is 35.4 Å². The molecule has 1 aromatic rings. The molecule has 28 heavy (non-hydrogen) atoms. The molecule has 0 aromatic heterocycles. The maximum atomic E-state index is 10.8. The predicted molar refractivity (Wildman–Crippen MR) is 94.9 cm³/mol. The standard InChI is InChI=1S/C14H19NO11S2/c16-5-9-11(19)12(20)13(21)14(25-9)27-10(15-26-28(22,23)24)4-6-1-2-7(17)8(18)3-6/h1-3,9,11-14,16-21H,4-5H2,(H,22,23,24)/t9-,11-,12+,13-,14-/m0/s1. The molecule has 12 nitrogen and oxygen atoms in total. The number of hydrogen-bond acceptors (Lipinski definition) is 12. The molecule has 0 unspecified atom stereocenters. The molecule has 1 fully saturated rings. The molecule has 14 heteroatoms. The molecule has 0 radical (unpaired) electrons. The van der Waals surface area contributed by atoms with Gasteiger partial charge in [-0.05, 0) is 17.7 Å². The van der Waals surface area contributed by atoms with Crippen molar-refractivity contribution < 1.29 is 52.6 Å². The Bertz CT molecular complexity index is 814. The van der Waals surface area contributed by atoms with Crippen molar-refractivity contribution in [2.24, 2.45) is 5.16 Å². The van der Waals surface area contributed by atoms with Gasteiger partial charge in [0.2, 0.25) is 0 Å². The van der Waals surface area contributed by atoms with Crippen molar-refractivity contribution >= 4 is 27.2 Å². The lowest BCUT2D eigenvalue weighted by Gasteiger charge is -2.39. The Kier molecular flexibility index (Phi) is 7.46. The molecule has 5 atom stereocenters. The highest BCUT2D eigenvalue weighted by Gasteiger charge is 2.44. The minimum Gasteiger partial charge on any atom is -0.504 e. The number of rotatable bonds is 6. The summed E-state index contributed by atoms with van der Waals surface area (Å²) in [6.07, 6.45) is -6.27. The fraction of sp³-hybridized carbons (Fsp3) is 0.500. The zero-order valence-corrected chi connectivity index (χ0v) is 15.7. The minimum atomic E-state index is -4.94. The molecule has 1 aliphatic rings. The first-order valence-electron chi connectivity index (χ1n) is 7.72. The van der Waals surface area contributed by atoms with Gasteiger partial charge in [0.05, 0.1) is 6.61 Å². The van der Waals surface area contributed by atoms with Crippen LogP contribution in [0.1, 0.15) is 5.56 Å². The summed E-state index contributed by atoms with van der Waals surface area (Å²) in [7, 11) is -4.94. The molecule has 0 saturated carbocycles. The number of phenols is 2. The molecule has 1 heterocycles. The number of hydrogen-bond donors (Lipinski definition) is 7. The third-order valence-corrected chi connectivity index (χ3v) is 5.11. The van der Waals surface area contributed by atoms with Crippen LogP contribution in [0.15, 0.2) is 23.4 Å². The maximum absolute atomic E-state index is 10.8. The third-order valence-electron chi connectivity index (χ3n) is 3.73. The predicted octanol–water partition coefficient (Wildman–Crippen LogP) is -1.69. The number of aliphatic hydroxyl groups is 4. The Hall–Kier alpha value is -1.65. The van der Waals surface area contributed by atoms with E-state index < -0.39 is 58.4 Å². The van der Waals surface area contributed by atoms with Crippen molar-refractivity contribution in [2.75, 3.05) is 6.61 Å². The molecular formula is C14H19NO11S2. The summed E-state index contributed by atoms with van der Waals surface area (Å²) in [6, 6.07) is 3.71. The number of aromatic hydroxyl groups is 2.